The van der Waals surface area contributed by atoms with Crippen LogP contribution in [0.25, 0.3) is 0 Å². The van der Waals surface area contributed by atoms with Crippen molar-refractivity contribution in [2.75, 3.05) is 0 Å². The van der Waals surface area contributed by atoms with Crippen LogP contribution in [0.4, 0.5) is 4.39 Å². The topological polar surface area (TPSA) is 40.9 Å². The number of nitriles is 1. The van der Waals surface area contributed by atoms with E-state index in [1.165, 1.54) is 18.2 Å². The summed E-state index contributed by atoms with van der Waals surface area (Å²) in [5.41, 5.74) is -0.171. The molecule has 0 radical (unpaired) electrons. The van der Waals surface area contributed by atoms with Gasteiger partial charge in [0.25, 0.3) is 0 Å². The highest BCUT2D eigenvalue weighted by atomic mass is 79.9. The van der Waals surface area contributed by atoms with Crippen molar-refractivity contribution in [1.82, 2.24) is 0 Å². The average molecular weight is 324 g/mol. The van der Waals surface area contributed by atoms with Gasteiger partial charge in [-0.1, -0.05) is 28.1 Å². The molecule has 0 spiro atoms. The molecule has 5 heteroatoms. The number of hydrogen-bond acceptors (Lipinski definition) is 2. The Hall–Kier alpha value is -1.51. The van der Waals surface area contributed by atoms with Crippen molar-refractivity contribution in [1.29, 1.82) is 5.26 Å². The van der Waals surface area contributed by atoms with Crippen LogP contribution in [0.2, 0.25) is 0 Å². The molecule has 18 heavy (non-hydrogen) atoms. The highest BCUT2D eigenvalue weighted by molar-refractivity contribution is 9.10. The quantitative estimate of drug-likeness (QED) is 0.846. The lowest BCUT2D eigenvalue weighted by atomic mass is 10.2. The predicted octanol–water partition coefficient (Wildman–Crippen LogP) is 3.63. The Morgan fingerprint density at radius 2 is 1.94 bits per heavy atom. The molecule has 1 unspecified atom stereocenters. The van der Waals surface area contributed by atoms with Crippen LogP contribution in [-0.4, -0.2) is 4.21 Å². The molecule has 0 aliphatic heterocycles. The van der Waals surface area contributed by atoms with Crippen LogP contribution < -0.4 is 0 Å². The molecule has 2 nitrogen and oxygen atoms in total. The van der Waals surface area contributed by atoms with Crippen LogP contribution in [0.3, 0.4) is 0 Å². The summed E-state index contributed by atoms with van der Waals surface area (Å²) < 4.78 is 26.5. The van der Waals surface area contributed by atoms with Crippen molar-refractivity contribution in [3.8, 4) is 6.07 Å². The van der Waals surface area contributed by atoms with Crippen LogP contribution in [0.1, 0.15) is 5.56 Å². The van der Waals surface area contributed by atoms with E-state index in [1.807, 2.05) is 0 Å². The zero-order valence-corrected chi connectivity index (χ0v) is 11.5. The largest absolute Gasteiger partial charge is 0.249 e. The summed E-state index contributed by atoms with van der Waals surface area (Å²) in [6, 6.07) is 12.8. The molecule has 2 rings (SSSR count). The van der Waals surface area contributed by atoms with Gasteiger partial charge in [0.05, 0.1) is 15.7 Å². The zero-order valence-electron chi connectivity index (χ0n) is 9.06. The van der Waals surface area contributed by atoms with Crippen molar-refractivity contribution in [2.45, 2.75) is 9.79 Å². The van der Waals surface area contributed by atoms with Crippen molar-refractivity contribution in [2.24, 2.45) is 0 Å². The maximum Gasteiger partial charge on any atom is 0.142 e. The van der Waals surface area contributed by atoms with Gasteiger partial charge in [-0.2, -0.15) is 5.26 Å². The lowest BCUT2D eigenvalue weighted by Crippen LogP contribution is -1.98. The molecule has 0 saturated carbocycles. The predicted molar refractivity (Wildman–Crippen MR) is 69.9 cm³/mol. The third-order valence-electron chi connectivity index (χ3n) is 2.30. The van der Waals surface area contributed by atoms with E-state index in [0.717, 1.165) is 4.47 Å². The van der Waals surface area contributed by atoms with Crippen LogP contribution in [0, 0.1) is 17.1 Å². The Balaban J connectivity index is 2.54. The first-order valence-electron chi connectivity index (χ1n) is 4.99. The fourth-order valence-corrected chi connectivity index (χ4v) is 3.25. The number of halogens is 2. The monoisotopic (exact) mass is 323 g/mol. The molecule has 0 amide bonds. The van der Waals surface area contributed by atoms with Crippen molar-refractivity contribution in [3.63, 3.8) is 0 Å². The smallest absolute Gasteiger partial charge is 0.142 e. The Morgan fingerprint density at radius 3 is 2.61 bits per heavy atom. The van der Waals surface area contributed by atoms with Gasteiger partial charge in [-0.15, -0.1) is 0 Å². The van der Waals surface area contributed by atoms with Crippen molar-refractivity contribution >= 4 is 26.7 Å². The third kappa shape index (κ3) is 2.50. The van der Waals surface area contributed by atoms with E-state index in [2.05, 4.69) is 15.9 Å². The van der Waals surface area contributed by atoms with Gasteiger partial charge in [-0.05, 0) is 30.3 Å². The van der Waals surface area contributed by atoms with Crippen molar-refractivity contribution < 1.29 is 8.60 Å². The first-order chi connectivity index (χ1) is 8.63. The summed E-state index contributed by atoms with van der Waals surface area (Å²) >= 11 is 3.28. The molecule has 0 saturated heterocycles. The maximum absolute atomic E-state index is 13.4. The molecule has 0 bridgehead atoms. The second kappa shape index (κ2) is 5.42. The number of nitrogens with zero attached hydrogens (tertiary/aromatic N) is 1. The van der Waals surface area contributed by atoms with Gasteiger partial charge in [0, 0.05) is 9.37 Å². The Bertz CT molecular complexity index is 666. The molecule has 90 valence electrons. The normalized spacial score (nSPS) is 11.8. The van der Waals surface area contributed by atoms with E-state index < -0.39 is 16.6 Å². The second-order valence-electron chi connectivity index (χ2n) is 3.45. The Kier molecular flexibility index (Phi) is 3.90. The fraction of sp³-hybridized carbons (Fsp3) is 0. The van der Waals surface area contributed by atoms with Gasteiger partial charge in [0.15, 0.2) is 0 Å². The van der Waals surface area contributed by atoms with E-state index in [4.69, 9.17) is 5.26 Å². The van der Waals surface area contributed by atoms with E-state index >= 15 is 0 Å². The average Bonchev–Trinajstić information content (AvgIpc) is 2.37. The summed E-state index contributed by atoms with van der Waals surface area (Å²) in [6.45, 7) is 0. The lowest BCUT2D eigenvalue weighted by molar-refractivity contribution is 0.618. The second-order valence-corrected chi connectivity index (χ2v) is 5.82. The lowest BCUT2D eigenvalue weighted by Gasteiger charge is -2.05. The molecule has 0 fully saturated rings. The summed E-state index contributed by atoms with van der Waals surface area (Å²) in [6.07, 6.45) is 0. The van der Waals surface area contributed by atoms with Crippen LogP contribution >= 0.6 is 15.9 Å². The molecule has 1 atom stereocenters. The van der Waals surface area contributed by atoms with Gasteiger partial charge >= 0.3 is 0 Å². The molecule has 0 aliphatic carbocycles. The van der Waals surface area contributed by atoms with E-state index in [-0.39, 0.29) is 10.5 Å². The molecule has 0 N–H and O–H groups in total. The fourth-order valence-electron chi connectivity index (χ4n) is 1.48. The van der Waals surface area contributed by atoms with Gasteiger partial charge < -0.3 is 0 Å². The van der Waals surface area contributed by atoms with Crippen LogP contribution in [-0.2, 0) is 10.8 Å². The van der Waals surface area contributed by atoms with Gasteiger partial charge in [0.2, 0.25) is 0 Å². The van der Waals surface area contributed by atoms with Gasteiger partial charge in [-0.3, -0.25) is 0 Å². The minimum Gasteiger partial charge on any atom is -0.249 e. The molecule has 0 aromatic heterocycles. The molecule has 2 aromatic carbocycles. The van der Waals surface area contributed by atoms with E-state index in [0.29, 0.717) is 4.90 Å². The molecule has 0 aliphatic rings. The molecule has 2 aromatic rings. The standard InChI is InChI=1S/C13H7BrFNOS/c14-9-3-1-4-10(7-9)18(17)13-6-2-5-12(15)11(13)8-16/h1-7H. The third-order valence-corrected chi connectivity index (χ3v) is 4.21. The molecular formula is C13H7BrFNOS. The summed E-state index contributed by atoms with van der Waals surface area (Å²) in [7, 11) is -1.57. The minimum absolute atomic E-state index is 0.171. The summed E-state index contributed by atoms with van der Waals surface area (Å²) in [5, 5.41) is 8.92. The van der Waals surface area contributed by atoms with Crippen molar-refractivity contribution in [3.05, 3.63) is 58.3 Å². The zero-order chi connectivity index (χ0) is 13.1. The highest BCUT2D eigenvalue weighted by Gasteiger charge is 2.15. The molecule has 0 heterocycles. The number of hydrogen-bond donors (Lipinski definition) is 0. The maximum atomic E-state index is 13.4. The number of benzene rings is 2. The minimum atomic E-state index is -1.57. The SMILES string of the molecule is N#Cc1c(F)cccc1S(=O)c1cccc(Br)c1. The Morgan fingerprint density at radius 1 is 1.22 bits per heavy atom. The summed E-state index contributed by atoms with van der Waals surface area (Å²) in [4.78, 5) is 0.710. The van der Waals surface area contributed by atoms with Crippen LogP contribution in [0.5, 0.6) is 0 Å². The molecular weight excluding hydrogens is 317 g/mol. The van der Waals surface area contributed by atoms with Gasteiger partial charge in [0.1, 0.15) is 17.4 Å². The number of rotatable bonds is 2. The van der Waals surface area contributed by atoms with E-state index in [9.17, 15) is 8.60 Å². The highest BCUT2D eigenvalue weighted by Crippen LogP contribution is 2.23. The first kappa shape index (κ1) is 12.9. The van der Waals surface area contributed by atoms with Gasteiger partial charge in [-0.25, -0.2) is 8.60 Å². The Labute approximate surface area is 115 Å². The first-order valence-corrected chi connectivity index (χ1v) is 6.93. The van der Waals surface area contributed by atoms with Crippen LogP contribution in [0.15, 0.2) is 56.7 Å². The van der Waals surface area contributed by atoms with E-state index in [1.54, 1.807) is 30.3 Å². The summed E-state index contributed by atoms with van der Waals surface area (Å²) in [5.74, 6) is -0.654.